The third-order valence-corrected chi connectivity index (χ3v) is 5.19. The number of pyridine rings is 1. The van der Waals surface area contributed by atoms with Gasteiger partial charge in [0, 0.05) is 19.3 Å². The van der Waals surface area contributed by atoms with Crippen molar-refractivity contribution in [3.8, 4) is 5.75 Å². The lowest BCUT2D eigenvalue weighted by molar-refractivity contribution is -0.0312. The maximum Gasteiger partial charge on any atom is 0.151 e. The Morgan fingerprint density at radius 1 is 1.13 bits per heavy atom. The van der Waals surface area contributed by atoms with Gasteiger partial charge in [-0.15, -0.1) is 5.10 Å². The molecule has 0 amide bonds. The number of aryl methyl sites for hydroxylation is 1. The third kappa shape index (κ3) is 3.00. The second-order valence-electron chi connectivity index (χ2n) is 6.86. The van der Waals surface area contributed by atoms with E-state index in [4.69, 9.17) is 4.74 Å². The predicted octanol–water partition coefficient (Wildman–Crippen LogP) is 3.01. The van der Waals surface area contributed by atoms with Crippen LogP contribution in [0.15, 0.2) is 36.7 Å². The molecule has 0 N–H and O–H groups in total. The molecule has 1 aliphatic heterocycles. The second-order valence-corrected chi connectivity index (χ2v) is 6.86. The van der Waals surface area contributed by atoms with Gasteiger partial charge in [-0.05, 0) is 62.3 Å². The summed E-state index contributed by atoms with van der Waals surface area (Å²) in [7, 11) is 0. The van der Waals surface area contributed by atoms with Gasteiger partial charge in [-0.25, -0.2) is 0 Å². The summed E-state index contributed by atoms with van der Waals surface area (Å²) in [6.45, 7) is 4.10. The molecule has 23 heavy (non-hydrogen) atoms. The van der Waals surface area contributed by atoms with Gasteiger partial charge >= 0.3 is 0 Å². The van der Waals surface area contributed by atoms with Crippen LogP contribution in [0, 0.1) is 12.3 Å². The molecule has 2 aromatic heterocycles. The SMILES string of the molecule is Cc1ccc(N2CCC3(CC2)CC(Oc2cccnc2)C3)nn1. The van der Waals surface area contributed by atoms with Gasteiger partial charge in [-0.1, -0.05) is 0 Å². The molecular weight excluding hydrogens is 288 g/mol. The molecule has 0 atom stereocenters. The van der Waals surface area contributed by atoms with E-state index in [1.54, 1.807) is 12.4 Å². The fraction of sp³-hybridized carbons (Fsp3) is 0.500. The number of hydrogen-bond donors (Lipinski definition) is 0. The first-order chi connectivity index (χ1) is 11.2. The van der Waals surface area contributed by atoms with Crippen LogP contribution in [-0.2, 0) is 0 Å². The summed E-state index contributed by atoms with van der Waals surface area (Å²) < 4.78 is 6.00. The molecular formula is C18H22N4O. The summed E-state index contributed by atoms with van der Waals surface area (Å²) in [5.74, 6) is 1.90. The summed E-state index contributed by atoms with van der Waals surface area (Å²) in [6.07, 6.45) is 8.68. The summed E-state index contributed by atoms with van der Waals surface area (Å²) >= 11 is 0. The molecule has 2 aliphatic rings. The first-order valence-electron chi connectivity index (χ1n) is 8.34. The number of rotatable bonds is 3. The molecule has 3 heterocycles. The smallest absolute Gasteiger partial charge is 0.151 e. The van der Waals surface area contributed by atoms with E-state index in [1.807, 2.05) is 25.1 Å². The Hall–Kier alpha value is -2.17. The summed E-state index contributed by atoms with van der Waals surface area (Å²) in [4.78, 5) is 6.46. The zero-order valence-electron chi connectivity index (χ0n) is 13.5. The van der Waals surface area contributed by atoms with Crippen LogP contribution >= 0.6 is 0 Å². The van der Waals surface area contributed by atoms with Gasteiger partial charge in [0.15, 0.2) is 5.82 Å². The monoisotopic (exact) mass is 310 g/mol. The molecule has 2 aromatic rings. The zero-order valence-corrected chi connectivity index (χ0v) is 13.5. The summed E-state index contributed by atoms with van der Waals surface area (Å²) in [6, 6.07) is 8.02. The van der Waals surface area contributed by atoms with Gasteiger partial charge in [0.2, 0.25) is 0 Å². The van der Waals surface area contributed by atoms with E-state index in [1.165, 1.54) is 12.8 Å². The highest BCUT2D eigenvalue weighted by Gasteiger charge is 2.47. The minimum Gasteiger partial charge on any atom is -0.489 e. The van der Waals surface area contributed by atoms with Crippen LogP contribution in [0.1, 0.15) is 31.4 Å². The minimum absolute atomic E-state index is 0.352. The average molecular weight is 310 g/mol. The second kappa shape index (κ2) is 5.80. The van der Waals surface area contributed by atoms with Crippen molar-refractivity contribution in [1.29, 1.82) is 0 Å². The lowest BCUT2D eigenvalue weighted by Gasteiger charge is -2.51. The van der Waals surface area contributed by atoms with E-state index in [9.17, 15) is 0 Å². The largest absolute Gasteiger partial charge is 0.489 e. The molecule has 0 unspecified atom stereocenters. The Kier molecular flexibility index (Phi) is 3.63. The van der Waals surface area contributed by atoms with Crippen molar-refractivity contribution in [3.63, 3.8) is 0 Å². The average Bonchev–Trinajstić information content (AvgIpc) is 2.56. The highest BCUT2D eigenvalue weighted by Crippen LogP contribution is 2.50. The van der Waals surface area contributed by atoms with Crippen molar-refractivity contribution in [2.45, 2.75) is 38.7 Å². The minimum atomic E-state index is 0.352. The molecule has 1 saturated carbocycles. The lowest BCUT2D eigenvalue weighted by atomic mass is 9.61. The van der Waals surface area contributed by atoms with Gasteiger partial charge in [0.25, 0.3) is 0 Å². The molecule has 4 rings (SSSR count). The lowest BCUT2D eigenvalue weighted by Crippen LogP contribution is -2.51. The Morgan fingerprint density at radius 2 is 1.96 bits per heavy atom. The van der Waals surface area contributed by atoms with Crippen LogP contribution < -0.4 is 9.64 Å². The topological polar surface area (TPSA) is 51.1 Å². The van der Waals surface area contributed by atoms with E-state index in [2.05, 4.69) is 26.1 Å². The Bertz CT molecular complexity index is 642. The fourth-order valence-corrected chi connectivity index (χ4v) is 3.78. The van der Waals surface area contributed by atoms with E-state index in [0.29, 0.717) is 11.5 Å². The van der Waals surface area contributed by atoms with Crippen LogP contribution in [0.3, 0.4) is 0 Å². The third-order valence-electron chi connectivity index (χ3n) is 5.19. The molecule has 0 aromatic carbocycles. The van der Waals surface area contributed by atoms with Crippen molar-refractivity contribution in [1.82, 2.24) is 15.2 Å². The fourth-order valence-electron chi connectivity index (χ4n) is 3.78. The predicted molar refractivity (Wildman–Crippen MR) is 88.5 cm³/mol. The number of nitrogens with zero attached hydrogens (tertiary/aromatic N) is 4. The van der Waals surface area contributed by atoms with Crippen LogP contribution in [0.2, 0.25) is 0 Å². The molecule has 2 fully saturated rings. The maximum absolute atomic E-state index is 6.00. The number of anilines is 1. The Balaban J connectivity index is 1.30. The van der Waals surface area contributed by atoms with Crippen LogP contribution in [0.4, 0.5) is 5.82 Å². The number of aromatic nitrogens is 3. The van der Waals surface area contributed by atoms with Crippen molar-refractivity contribution < 1.29 is 4.74 Å². The maximum atomic E-state index is 6.00. The molecule has 5 heteroatoms. The van der Waals surface area contributed by atoms with Gasteiger partial charge < -0.3 is 9.64 Å². The Labute approximate surface area is 136 Å². The van der Waals surface area contributed by atoms with Gasteiger partial charge in [0.05, 0.1) is 18.0 Å². The van der Waals surface area contributed by atoms with Crippen molar-refractivity contribution >= 4 is 5.82 Å². The Morgan fingerprint density at radius 3 is 2.61 bits per heavy atom. The van der Waals surface area contributed by atoms with Crippen LogP contribution in [0.25, 0.3) is 0 Å². The van der Waals surface area contributed by atoms with Crippen molar-refractivity contribution in [2.75, 3.05) is 18.0 Å². The van der Waals surface area contributed by atoms with Crippen molar-refractivity contribution in [3.05, 3.63) is 42.4 Å². The molecule has 0 radical (unpaired) electrons. The zero-order chi connectivity index (χ0) is 15.7. The van der Waals surface area contributed by atoms with Gasteiger partial charge in [-0.3, -0.25) is 4.98 Å². The number of ether oxygens (including phenoxy) is 1. The highest BCUT2D eigenvalue weighted by atomic mass is 16.5. The van der Waals surface area contributed by atoms with E-state index in [0.717, 1.165) is 43.2 Å². The van der Waals surface area contributed by atoms with E-state index >= 15 is 0 Å². The van der Waals surface area contributed by atoms with E-state index < -0.39 is 0 Å². The molecule has 1 saturated heterocycles. The van der Waals surface area contributed by atoms with Gasteiger partial charge in [-0.2, -0.15) is 5.10 Å². The standard InChI is InChI=1S/C18H22N4O/c1-14-4-5-17(21-20-14)22-9-6-18(7-10-22)11-16(12-18)23-15-3-2-8-19-13-15/h2-5,8,13,16H,6-7,9-12H2,1H3. The molecule has 0 bridgehead atoms. The molecule has 5 nitrogen and oxygen atoms in total. The summed E-state index contributed by atoms with van der Waals surface area (Å²) in [5, 5.41) is 8.47. The van der Waals surface area contributed by atoms with Crippen molar-refractivity contribution in [2.24, 2.45) is 5.41 Å². The first kappa shape index (κ1) is 14.4. The number of hydrogen-bond acceptors (Lipinski definition) is 5. The molecule has 1 spiro atoms. The normalized spacial score (nSPS) is 20.3. The van der Waals surface area contributed by atoms with Crippen LogP contribution in [-0.4, -0.2) is 34.4 Å². The molecule has 120 valence electrons. The highest BCUT2D eigenvalue weighted by molar-refractivity contribution is 5.38. The van der Waals surface area contributed by atoms with E-state index in [-0.39, 0.29) is 0 Å². The molecule has 1 aliphatic carbocycles. The number of piperidine rings is 1. The first-order valence-corrected chi connectivity index (χ1v) is 8.34. The summed E-state index contributed by atoms with van der Waals surface area (Å²) in [5.41, 5.74) is 1.44. The quantitative estimate of drug-likeness (QED) is 0.872. The van der Waals surface area contributed by atoms with Crippen LogP contribution in [0.5, 0.6) is 5.75 Å². The van der Waals surface area contributed by atoms with Gasteiger partial charge in [0.1, 0.15) is 5.75 Å².